The van der Waals surface area contributed by atoms with Crippen molar-refractivity contribution in [2.24, 2.45) is 0 Å². The molecule has 3 aromatic rings. The molecule has 0 heterocycles. The van der Waals surface area contributed by atoms with Crippen molar-refractivity contribution in [2.45, 2.75) is 13.1 Å². The molecular formula is C23H18F3NO. The molecule has 0 unspecified atom stereocenters. The maximum Gasteiger partial charge on any atom is 0.416 e. The molecule has 0 fully saturated rings. The zero-order chi connectivity index (χ0) is 21.0. The van der Waals surface area contributed by atoms with Gasteiger partial charge in [0.1, 0.15) is 0 Å². The van der Waals surface area contributed by atoms with E-state index in [4.69, 9.17) is 1.37 Å². The van der Waals surface area contributed by atoms with Crippen LogP contribution in [0.2, 0.25) is 0 Å². The van der Waals surface area contributed by atoms with Crippen molar-refractivity contribution in [3.05, 3.63) is 101 Å². The monoisotopic (exact) mass is 382 g/mol. The van der Waals surface area contributed by atoms with Crippen molar-refractivity contribution in [1.82, 2.24) is 0 Å². The second-order valence-electron chi connectivity index (χ2n) is 6.26. The Hall–Kier alpha value is -3.34. The predicted octanol–water partition coefficient (Wildman–Crippen LogP) is 6.19. The molecule has 142 valence electrons. The molecule has 0 bridgehead atoms. The van der Waals surface area contributed by atoms with Crippen LogP contribution < -0.4 is 5.32 Å². The van der Waals surface area contributed by atoms with Crippen molar-refractivity contribution in [3.8, 4) is 0 Å². The summed E-state index contributed by atoms with van der Waals surface area (Å²) in [6, 6.07) is 19.9. The first-order valence-electron chi connectivity index (χ1n) is 9.07. The van der Waals surface area contributed by atoms with E-state index in [1.54, 1.807) is 42.5 Å². The Morgan fingerprint density at radius 3 is 2.11 bits per heavy atom. The van der Waals surface area contributed by atoms with Crippen molar-refractivity contribution < 1.29 is 19.3 Å². The number of amides is 1. The highest BCUT2D eigenvalue weighted by molar-refractivity contribution is 6.29. The molecule has 3 aromatic carbocycles. The number of carbonyl (C=O) groups excluding carboxylic acids is 1. The molecule has 0 saturated heterocycles. The molecule has 0 aliphatic rings. The van der Waals surface area contributed by atoms with Crippen LogP contribution >= 0.6 is 0 Å². The van der Waals surface area contributed by atoms with Crippen LogP contribution in [0.15, 0.2) is 78.9 Å². The number of carbonyl (C=O) groups is 1. The molecule has 0 aliphatic heterocycles. The molecule has 5 heteroatoms. The van der Waals surface area contributed by atoms with Crippen LogP contribution in [0.3, 0.4) is 0 Å². The van der Waals surface area contributed by atoms with Crippen LogP contribution in [0.1, 0.15) is 23.6 Å². The van der Waals surface area contributed by atoms with Crippen molar-refractivity contribution in [2.75, 3.05) is 5.32 Å². The van der Waals surface area contributed by atoms with Gasteiger partial charge in [-0.3, -0.25) is 4.79 Å². The highest BCUT2D eigenvalue weighted by Crippen LogP contribution is 2.30. The second-order valence-corrected chi connectivity index (χ2v) is 6.26. The van der Waals surface area contributed by atoms with Gasteiger partial charge in [0, 0.05) is 11.3 Å². The molecule has 0 atom stereocenters. The number of anilines is 1. The van der Waals surface area contributed by atoms with Crippen molar-refractivity contribution >= 4 is 23.2 Å². The molecule has 0 aliphatic carbocycles. The number of alkyl halides is 3. The first kappa shape index (κ1) is 18.0. The maximum atomic E-state index is 13.0. The van der Waals surface area contributed by atoms with E-state index in [0.29, 0.717) is 11.3 Å². The lowest BCUT2D eigenvalue weighted by Gasteiger charge is -2.11. The lowest BCUT2D eigenvalue weighted by Crippen LogP contribution is -2.13. The SMILES string of the molecule is [2H]/C(=C(\C(=O)Nc1ccc(C)cc1)c1ccccc1)c1ccc(C(F)(F)F)cc1. The van der Waals surface area contributed by atoms with Gasteiger partial charge >= 0.3 is 6.18 Å². The van der Waals surface area contributed by atoms with Crippen LogP contribution in [0.4, 0.5) is 18.9 Å². The topological polar surface area (TPSA) is 29.1 Å². The molecule has 3 rings (SSSR count). The fourth-order valence-corrected chi connectivity index (χ4v) is 2.58. The number of aryl methyl sites for hydroxylation is 1. The van der Waals surface area contributed by atoms with Crippen LogP contribution in [-0.4, -0.2) is 5.91 Å². The highest BCUT2D eigenvalue weighted by atomic mass is 19.4. The zero-order valence-electron chi connectivity index (χ0n) is 16.0. The van der Waals surface area contributed by atoms with E-state index in [9.17, 15) is 18.0 Å². The summed E-state index contributed by atoms with van der Waals surface area (Å²) in [7, 11) is 0. The van der Waals surface area contributed by atoms with Crippen molar-refractivity contribution in [1.29, 1.82) is 0 Å². The van der Waals surface area contributed by atoms with Gasteiger partial charge in [-0.2, -0.15) is 13.2 Å². The van der Waals surface area contributed by atoms with Gasteiger partial charge in [0.05, 0.1) is 6.93 Å². The Morgan fingerprint density at radius 2 is 1.54 bits per heavy atom. The molecule has 1 N–H and O–H groups in total. The highest BCUT2D eigenvalue weighted by Gasteiger charge is 2.29. The fraction of sp³-hybridized carbons (Fsp3) is 0.0870. The van der Waals surface area contributed by atoms with Gasteiger partial charge in [-0.1, -0.05) is 60.2 Å². The third-order valence-corrected chi connectivity index (χ3v) is 4.08. The van der Waals surface area contributed by atoms with Gasteiger partial charge in [0.15, 0.2) is 0 Å². The summed E-state index contributed by atoms with van der Waals surface area (Å²) in [6.07, 6.45) is -4.46. The van der Waals surface area contributed by atoms with Gasteiger partial charge in [0.25, 0.3) is 5.91 Å². The first-order valence-corrected chi connectivity index (χ1v) is 8.57. The van der Waals surface area contributed by atoms with E-state index in [-0.39, 0.29) is 17.2 Å². The molecule has 0 aromatic heterocycles. The molecule has 1 amide bonds. The average Bonchev–Trinajstić information content (AvgIpc) is 2.70. The number of hydrogen-bond acceptors (Lipinski definition) is 1. The summed E-state index contributed by atoms with van der Waals surface area (Å²) in [5, 5.41) is 2.76. The lowest BCUT2D eigenvalue weighted by molar-refractivity contribution is -0.137. The molecule has 2 nitrogen and oxygen atoms in total. The normalized spacial score (nSPS) is 12.8. The zero-order valence-corrected chi connectivity index (χ0v) is 15.0. The standard InChI is InChI=1S/C23H18F3NO/c1-16-7-13-20(14-8-16)27-22(28)21(18-5-3-2-4-6-18)15-17-9-11-19(12-10-17)23(24,25)26/h2-15H,1H3,(H,27,28)/b21-15+/i15D. The van der Waals surface area contributed by atoms with Crippen LogP contribution in [0.25, 0.3) is 11.6 Å². The molecule has 0 spiro atoms. The van der Waals surface area contributed by atoms with Crippen LogP contribution in [0, 0.1) is 6.92 Å². The molecule has 0 radical (unpaired) electrons. The van der Waals surface area contributed by atoms with Gasteiger partial charge in [0.2, 0.25) is 0 Å². The minimum absolute atomic E-state index is 0.0749. The summed E-state index contributed by atoms with van der Waals surface area (Å²) >= 11 is 0. The van der Waals surface area contributed by atoms with Crippen molar-refractivity contribution in [3.63, 3.8) is 0 Å². The number of halogens is 3. The summed E-state index contributed by atoms with van der Waals surface area (Å²) in [4.78, 5) is 13.0. The number of hydrogen-bond donors (Lipinski definition) is 1. The van der Waals surface area contributed by atoms with E-state index in [1.807, 2.05) is 19.1 Å². The van der Waals surface area contributed by atoms with Gasteiger partial charge in [-0.25, -0.2) is 0 Å². The third-order valence-electron chi connectivity index (χ3n) is 4.08. The summed E-state index contributed by atoms with van der Waals surface area (Å²) in [5.74, 6) is -0.509. The minimum atomic E-state index is -4.46. The van der Waals surface area contributed by atoms with E-state index in [0.717, 1.165) is 17.7 Å². The third kappa shape index (κ3) is 4.88. The smallest absolute Gasteiger partial charge is 0.322 e. The summed E-state index contributed by atoms with van der Waals surface area (Å²) in [5.41, 5.74) is 1.59. The molecular weight excluding hydrogens is 363 g/mol. The Morgan fingerprint density at radius 1 is 0.929 bits per heavy atom. The first-order chi connectivity index (χ1) is 13.8. The Kier molecular flexibility index (Phi) is 5.24. The minimum Gasteiger partial charge on any atom is -0.322 e. The number of benzene rings is 3. The van der Waals surface area contributed by atoms with Crippen LogP contribution in [0.5, 0.6) is 0 Å². The van der Waals surface area contributed by atoms with E-state index >= 15 is 0 Å². The predicted molar refractivity (Wildman–Crippen MR) is 106 cm³/mol. The quantitative estimate of drug-likeness (QED) is 0.423. The second kappa shape index (κ2) is 8.13. The number of nitrogens with one attached hydrogen (secondary N) is 1. The van der Waals surface area contributed by atoms with Gasteiger partial charge in [-0.05, 0) is 48.4 Å². The maximum absolute atomic E-state index is 13.0. The fourth-order valence-electron chi connectivity index (χ4n) is 2.58. The van der Waals surface area contributed by atoms with Crippen LogP contribution in [-0.2, 0) is 11.0 Å². The average molecular weight is 382 g/mol. The van der Waals surface area contributed by atoms with Gasteiger partial charge < -0.3 is 5.32 Å². The summed E-state index contributed by atoms with van der Waals surface area (Å²) in [6.45, 7) is 1.92. The lowest BCUT2D eigenvalue weighted by atomic mass is 10.0. The molecule has 0 saturated carbocycles. The Balaban J connectivity index is 2.02. The number of rotatable bonds is 4. The van der Waals surface area contributed by atoms with E-state index < -0.39 is 17.6 Å². The largest absolute Gasteiger partial charge is 0.416 e. The Bertz CT molecular complexity index is 1020. The summed E-state index contributed by atoms with van der Waals surface area (Å²) < 4.78 is 47.0. The van der Waals surface area contributed by atoms with E-state index in [2.05, 4.69) is 5.32 Å². The van der Waals surface area contributed by atoms with E-state index in [1.165, 1.54) is 12.1 Å². The molecule has 28 heavy (non-hydrogen) atoms. The Labute approximate surface area is 162 Å². The van der Waals surface area contributed by atoms with Gasteiger partial charge in [-0.15, -0.1) is 0 Å².